The van der Waals surface area contributed by atoms with Crippen LogP contribution in [0.3, 0.4) is 0 Å². The van der Waals surface area contributed by atoms with Gasteiger partial charge in [-0.05, 0) is 56.7 Å². The van der Waals surface area contributed by atoms with Crippen LogP contribution in [0.4, 0.5) is 0 Å². The Morgan fingerprint density at radius 3 is 2.32 bits per heavy atom. The molecule has 1 aliphatic carbocycles. The van der Waals surface area contributed by atoms with Crippen molar-refractivity contribution in [2.24, 2.45) is 11.7 Å². The van der Waals surface area contributed by atoms with E-state index in [1.807, 2.05) is 0 Å². The van der Waals surface area contributed by atoms with Gasteiger partial charge in [-0.15, -0.1) is 0 Å². The van der Waals surface area contributed by atoms with Crippen molar-refractivity contribution >= 4 is 0 Å². The number of hydrogen-bond acceptors (Lipinski definition) is 2. The van der Waals surface area contributed by atoms with Crippen LogP contribution in [0.5, 0.6) is 0 Å². The molecule has 1 fully saturated rings. The molecule has 1 saturated carbocycles. The number of likely N-dealkylation sites (N-methyl/N-ethyl adjacent to an activating group) is 1. The summed E-state index contributed by atoms with van der Waals surface area (Å²) >= 11 is 0. The Labute approximate surface area is 118 Å². The summed E-state index contributed by atoms with van der Waals surface area (Å²) in [7, 11) is 2.24. The number of aryl methyl sites for hydroxylation is 1. The number of nitrogens with zero attached hydrogens (tertiary/aromatic N) is 1. The van der Waals surface area contributed by atoms with Crippen molar-refractivity contribution in [3.8, 4) is 0 Å². The molecule has 2 rings (SSSR count). The van der Waals surface area contributed by atoms with Gasteiger partial charge in [0, 0.05) is 18.6 Å². The highest BCUT2D eigenvalue weighted by molar-refractivity contribution is 5.23. The van der Waals surface area contributed by atoms with Crippen LogP contribution in [0.15, 0.2) is 24.3 Å². The topological polar surface area (TPSA) is 29.3 Å². The Morgan fingerprint density at radius 1 is 1.21 bits per heavy atom. The van der Waals surface area contributed by atoms with E-state index >= 15 is 0 Å². The summed E-state index contributed by atoms with van der Waals surface area (Å²) < 4.78 is 0. The predicted molar refractivity (Wildman–Crippen MR) is 82.3 cm³/mol. The Hall–Kier alpha value is -0.860. The Bertz CT molecular complexity index is 379. The zero-order chi connectivity index (χ0) is 13.8. The lowest BCUT2D eigenvalue weighted by molar-refractivity contribution is 0.153. The summed E-state index contributed by atoms with van der Waals surface area (Å²) in [5, 5.41) is 0. The minimum absolute atomic E-state index is 0.468. The van der Waals surface area contributed by atoms with Crippen molar-refractivity contribution in [3.63, 3.8) is 0 Å². The average Bonchev–Trinajstić information content (AvgIpc) is 2.37. The van der Waals surface area contributed by atoms with Crippen molar-refractivity contribution in [1.82, 2.24) is 4.90 Å². The molecule has 0 bridgehead atoms. The smallest absolute Gasteiger partial charge is 0.0104 e. The lowest BCUT2D eigenvalue weighted by atomic mass is 9.80. The molecule has 0 radical (unpaired) electrons. The second-order valence-electron chi connectivity index (χ2n) is 6.26. The third kappa shape index (κ3) is 4.05. The molecule has 0 amide bonds. The Morgan fingerprint density at radius 2 is 1.79 bits per heavy atom. The van der Waals surface area contributed by atoms with Crippen molar-refractivity contribution in [2.75, 3.05) is 13.6 Å². The fourth-order valence-electron chi connectivity index (χ4n) is 2.93. The fourth-order valence-corrected chi connectivity index (χ4v) is 2.93. The summed E-state index contributed by atoms with van der Waals surface area (Å²) in [5.74, 6) is 0.824. The quantitative estimate of drug-likeness (QED) is 0.852. The number of benzene rings is 1. The summed E-state index contributed by atoms with van der Waals surface area (Å²) in [4.78, 5) is 2.49. The van der Waals surface area contributed by atoms with Crippen LogP contribution >= 0.6 is 0 Å². The van der Waals surface area contributed by atoms with Crippen LogP contribution in [0, 0.1) is 5.92 Å². The molecule has 2 heteroatoms. The van der Waals surface area contributed by atoms with E-state index in [4.69, 9.17) is 5.73 Å². The monoisotopic (exact) mass is 260 g/mol. The van der Waals surface area contributed by atoms with Crippen LogP contribution in [0.25, 0.3) is 0 Å². The first-order valence-electron chi connectivity index (χ1n) is 7.62. The highest BCUT2D eigenvalue weighted by atomic mass is 15.1. The molecule has 2 nitrogen and oxygen atoms in total. The lowest BCUT2D eigenvalue weighted by Crippen LogP contribution is -2.44. The first-order chi connectivity index (χ1) is 9.08. The number of nitrogens with two attached hydrogens (primary N) is 1. The largest absolute Gasteiger partial charge is 0.328 e. The van der Waals surface area contributed by atoms with Crippen molar-refractivity contribution in [1.29, 1.82) is 0 Å². The van der Waals surface area contributed by atoms with Crippen LogP contribution in [-0.2, 0) is 12.8 Å². The predicted octanol–water partition coefficient (Wildman–Crippen LogP) is 2.85. The Kier molecular flexibility index (Phi) is 5.00. The van der Waals surface area contributed by atoms with Gasteiger partial charge < -0.3 is 10.6 Å². The van der Waals surface area contributed by atoms with Gasteiger partial charge in [-0.1, -0.05) is 31.2 Å². The van der Waals surface area contributed by atoms with Crippen molar-refractivity contribution in [3.05, 3.63) is 35.4 Å². The molecule has 0 saturated heterocycles. The van der Waals surface area contributed by atoms with E-state index in [9.17, 15) is 0 Å². The van der Waals surface area contributed by atoms with Gasteiger partial charge in [0.1, 0.15) is 0 Å². The zero-order valence-corrected chi connectivity index (χ0v) is 12.6. The molecular formula is C17H28N2. The second-order valence-corrected chi connectivity index (χ2v) is 6.26. The van der Waals surface area contributed by atoms with Crippen LogP contribution in [0.2, 0.25) is 0 Å². The molecule has 1 unspecified atom stereocenters. The number of hydrogen-bond donors (Lipinski definition) is 1. The van der Waals surface area contributed by atoms with E-state index in [2.05, 4.69) is 50.1 Å². The van der Waals surface area contributed by atoms with Gasteiger partial charge in [0.2, 0.25) is 0 Å². The van der Waals surface area contributed by atoms with Crippen molar-refractivity contribution < 1.29 is 0 Å². The standard InChI is InChI=1S/C17H28N2/c1-4-14-5-7-15(8-6-14)9-13(2)19(3)12-16-10-17(18)11-16/h5-8,13,16-17H,4,9-12,18H2,1-3H3. The highest BCUT2D eigenvalue weighted by Crippen LogP contribution is 2.26. The van der Waals surface area contributed by atoms with Gasteiger partial charge in [-0.3, -0.25) is 0 Å². The van der Waals surface area contributed by atoms with E-state index in [-0.39, 0.29) is 0 Å². The molecule has 106 valence electrons. The molecule has 2 N–H and O–H groups in total. The maximum absolute atomic E-state index is 5.85. The lowest BCUT2D eigenvalue weighted by Gasteiger charge is -2.37. The zero-order valence-electron chi connectivity index (χ0n) is 12.6. The summed E-state index contributed by atoms with van der Waals surface area (Å²) in [6.07, 6.45) is 4.68. The highest BCUT2D eigenvalue weighted by Gasteiger charge is 2.27. The van der Waals surface area contributed by atoms with E-state index in [0.29, 0.717) is 12.1 Å². The summed E-state index contributed by atoms with van der Waals surface area (Å²) in [6, 6.07) is 10.1. The van der Waals surface area contributed by atoms with E-state index in [1.165, 1.54) is 30.5 Å². The molecule has 0 heterocycles. The maximum atomic E-state index is 5.85. The first kappa shape index (κ1) is 14.5. The second kappa shape index (κ2) is 6.53. The van der Waals surface area contributed by atoms with Gasteiger partial charge in [-0.25, -0.2) is 0 Å². The third-order valence-electron chi connectivity index (χ3n) is 4.53. The van der Waals surface area contributed by atoms with Crippen LogP contribution in [0.1, 0.15) is 37.8 Å². The molecule has 1 aromatic rings. The van der Waals surface area contributed by atoms with Crippen LogP contribution in [-0.4, -0.2) is 30.6 Å². The first-order valence-corrected chi connectivity index (χ1v) is 7.62. The minimum atomic E-state index is 0.468. The maximum Gasteiger partial charge on any atom is 0.0104 e. The molecule has 1 aromatic carbocycles. The van der Waals surface area contributed by atoms with E-state index < -0.39 is 0 Å². The normalized spacial score (nSPS) is 24.3. The molecule has 0 aliphatic heterocycles. The molecule has 1 aliphatic rings. The molecule has 19 heavy (non-hydrogen) atoms. The van der Waals surface area contributed by atoms with Gasteiger partial charge >= 0.3 is 0 Å². The summed E-state index contributed by atoms with van der Waals surface area (Å²) in [6.45, 7) is 5.73. The Balaban J connectivity index is 1.80. The SMILES string of the molecule is CCc1ccc(CC(C)N(C)CC2CC(N)C2)cc1. The van der Waals surface area contributed by atoms with Gasteiger partial charge in [0.25, 0.3) is 0 Å². The number of rotatable bonds is 6. The van der Waals surface area contributed by atoms with E-state index in [1.54, 1.807) is 0 Å². The molecule has 0 aromatic heterocycles. The summed E-state index contributed by atoms with van der Waals surface area (Å²) in [5.41, 5.74) is 8.72. The van der Waals surface area contributed by atoms with E-state index in [0.717, 1.165) is 18.8 Å². The van der Waals surface area contributed by atoms with Crippen molar-refractivity contribution in [2.45, 2.75) is 51.6 Å². The average molecular weight is 260 g/mol. The molecule has 0 spiro atoms. The van der Waals surface area contributed by atoms with Gasteiger partial charge in [0.05, 0.1) is 0 Å². The third-order valence-corrected chi connectivity index (χ3v) is 4.53. The molecule has 1 atom stereocenters. The minimum Gasteiger partial charge on any atom is -0.328 e. The van der Waals surface area contributed by atoms with Gasteiger partial charge in [-0.2, -0.15) is 0 Å². The van der Waals surface area contributed by atoms with Crippen LogP contribution < -0.4 is 5.73 Å². The molecular weight excluding hydrogens is 232 g/mol. The fraction of sp³-hybridized carbons (Fsp3) is 0.647. The van der Waals surface area contributed by atoms with Gasteiger partial charge in [0.15, 0.2) is 0 Å².